The van der Waals surface area contributed by atoms with Gasteiger partial charge in [-0.05, 0) is 37.5 Å². The van der Waals surface area contributed by atoms with Gasteiger partial charge in [0.1, 0.15) is 18.1 Å². The number of carbonyl (C=O) groups excluding carboxylic acids is 4. The van der Waals surface area contributed by atoms with Crippen molar-refractivity contribution in [1.82, 2.24) is 10.6 Å². The van der Waals surface area contributed by atoms with E-state index in [0.717, 1.165) is 5.56 Å². The molecular weight excluding hydrogens is 340 g/mol. The average Bonchev–Trinajstić information content (AvgIpc) is 2.59. The van der Waals surface area contributed by atoms with E-state index in [2.05, 4.69) is 10.6 Å². The number of phenols is 1. The summed E-state index contributed by atoms with van der Waals surface area (Å²) in [4.78, 5) is 46.4. The molecule has 0 radical (unpaired) electrons. The van der Waals surface area contributed by atoms with Gasteiger partial charge in [-0.25, -0.2) is 0 Å². The highest BCUT2D eigenvalue weighted by Gasteiger charge is 2.24. The molecule has 3 amide bonds. The Balaban J connectivity index is 2.76. The zero-order valence-corrected chi connectivity index (χ0v) is 14.5. The molecule has 1 aromatic carbocycles. The first kappa shape index (κ1) is 21.1. The van der Waals surface area contributed by atoms with E-state index in [-0.39, 0.29) is 25.0 Å². The number of benzene rings is 1. The maximum Gasteiger partial charge on any atom is 0.243 e. The third-order valence-corrected chi connectivity index (χ3v) is 3.61. The summed E-state index contributed by atoms with van der Waals surface area (Å²) in [6.45, 7) is 1.46. The van der Waals surface area contributed by atoms with E-state index in [9.17, 15) is 24.3 Å². The molecule has 0 aliphatic carbocycles. The number of primary amides is 1. The van der Waals surface area contributed by atoms with E-state index < -0.39 is 35.8 Å². The number of carbonyl (C=O) groups is 4. The highest BCUT2D eigenvalue weighted by molar-refractivity contribution is 5.91. The Morgan fingerprint density at radius 1 is 1.15 bits per heavy atom. The first-order valence-electron chi connectivity index (χ1n) is 8.10. The molecule has 0 saturated carbocycles. The summed E-state index contributed by atoms with van der Waals surface area (Å²) in [7, 11) is 0. The van der Waals surface area contributed by atoms with Crippen LogP contribution in [0.2, 0.25) is 0 Å². The van der Waals surface area contributed by atoms with Gasteiger partial charge in [0.25, 0.3) is 0 Å². The van der Waals surface area contributed by atoms with Crippen molar-refractivity contribution in [2.24, 2.45) is 11.5 Å². The average molecular weight is 364 g/mol. The maximum atomic E-state index is 12.4. The summed E-state index contributed by atoms with van der Waals surface area (Å²) in [5.41, 5.74) is 11.3. The van der Waals surface area contributed by atoms with Crippen LogP contribution < -0.4 is 22.1 Å². The van der Waals surface area contributed by atoms with Crippen LogP contribution in [0.1, 0.15) is 25.3 Å². The Kier molecular flexibility index (Phi) is 8.23. The van der Waals surface area contributed by atoms with Crippen molar-refractivity contribution in [3.05, 3.63) is 29.8 Å². The van der Waals surface area contributed by atoms with Gasteiger partial charge in [0.05, 0.1) is 12.1 Å². The van der Waals surface area contributed by atoms with E-state index in [0.29, 0.717) is 6.29 Å². The van der Waals surface area contributed by atoms with Gasteiger partial charge in [0.15, 0.2) is 0 Å². The number of aldehydes is 1. The number of hydrogen-bond donors (Lipinski definition) is 5. The predicted octanol–water partition coefficient (Wildman–Crippen LogP) is -1.28. The molecule has 0 bridgehead atoms. The molecule has 0 fully saturated rings. The lowest BCUT2D eigenvalue weighted by Crippen LogP contribution is -2.53. The first-order valence-corrected chi connectivity index (χ1v) is 8.10. The molecule has 0 aliphatic rings. The van der Waals surface area contributed by atoms with Crippen molar-refractivity contribution < 1.29 is 24.3 Å². The SMILES string of the molecule is C[C@@H](N)C(=O)N[C@@H](CCC(N)=O)C(=O)N[C@H](C=O)Cc1ccc(O)cc1. The summed E-state index contributed by atoms with van der Waals surface area (Å²) in [5, 5.41) is 14.2. The van der Waals surface area contributed by atoms with Gasteiger partial charge in [-0.15, -0.1) is 0 Å². The predicted molar refractivity (Wildman–Crippen MR) is 93.8 cm³/mol. The maximum absolute atomic E-state index is 12.4. The molecule has 0 spiro atoms. The number of phenolic OH excluding ortho intramolecular Hbond substituents is 1. The normalized spacial score (nSPS) is 13.9. The van der Waals surface area contributed by atoms with Crippen LogP contribution in [0, 0.1) is 0 Å². The second-order valence-corrected chi connectivity index (χ2v) is 5.98. The van der Waals surface area contributed by atoms with Gasteiger partial charge in [-0.1, -0.05) is 12.1 Å². The molecule has 1 rings (SSSR count). The molecule has 9 heteroatoms. The summed E-state index contributed by atoms with van der Waals surface area (Å²) < 4.78 is 0. The van der Waals surface area contributed by atoms with Crippen molar-refractivity contribution >= 4 is 24.0 Å². The van der Waals surface area contributed by atoms with Crippen LogP contribution in [-0.2, 0) is 25.6 Å². The van der Waals surface area contributed by atoms with Gasteiger partial charge in [-0.3, -0.25) is 14.4 Å². The van der Waals surface area contributed by atoms with Gasteiger partial charge < -0.3 is 32.0 Å². The van der Waals surface area contributed by atoms with Gasteiger partial charge >= 0.3 is 0 Å². The lowest BCUT2D eigenvalue weighted by atomic mass is 10.0. The number of nitrogens with two attached hydrogens (primary N) is 2. The van der Waals surface area contributed by atoms with E-state index >= 15 is 0 Å². The zero-order chi connectivity index (χ0) is 19.7. The highest BCUT2D eigenvalue weighted by atomic mass is 16.3. The highest BCUT2D eigenvalue weighted by Crippen LogP contribution is 2.11. The van der Waals surface area contributed by atoms with Crippen molar-refractivity contribution in [1.29, 1.82) is 0 Å². The molecule has 3 atom stereocenters. The molecular formula is C17H24N4O5. The summed E-state index contributed by atoms with van der Waals surface area (Å²) in [6, 6.07) is 3.48. The fraction of sp³-hybridized carbons (Fsp3) is 0.412. The van der Waals surface area contributed by atoms with Crippen LogP contribution in [0.25, 0.3) is 0 Å². The van der Waals surface area contributed by atoms with Gasteiger partial charge in [0.2, 0.25) is 17.7 Å². The Bertz CT molecular complexity index is 645. The second kappa shape index (κ2) is 10.1. The van der Waals surface area contributed by atoms with Crippen LogP contribution >= 0.6 is 0 Å². The van der Waals surface area contributed by atoms with Crippen LogP contribution in [0.4, 0.5) is 0 Å². The van der Waals surface area contributed by atoms with Gasteiger partial charge in [0, 0.05) is 6.42 Å². The Hall–Kier alpha value is -2.94. The van der Waals surface area contributed by atoms with E-state index in [1.165, 1.54) is 19.1 Å². The van der Waals surface area contributed by atoms with E-state index in [1.54, 1.807) is 12.1 Å². The summed E-state index contributed by atoms with van der Waals surface area (Å²) in [6.07, 6.45) is 0.661. The topological polar surface area (TPSA) is 165 Å². The van der Waals surface area contributed by atoms with Gasteiger partial charge in [-0.2, -0.15) is 0 Å². The number of hydrogen-bond acceptors (Lipinski definition) is 6. The third kappa shape index (κ3) is 7.31. The molecule has 1 aromatic rings. The first-order chi connectivity index (χ1) is 12.2. The van der Waals surface area contributed by atoms with E-state index in [1.807, 2.05) is 0 Å². The molecule has 0 aliphatic heterocycles. The number of amides is 3. The molecule has 26 heavy (non-hydrogen) atoms. The van der Waals surface area contributed by atoms with Crippen LogP contribution in [0.15, 0.2) is 24.3 Å². The quantitative estimate of drug-likeness (QED) is 0.324. The Labute approximate surface area is 151 Å². The molecule has 0 aromatic heterocycles. The van der Waals surface area contributed by atoms with Crippen molar-refractivity contribution in [2.75, 3.05) is 0 Å². The molecule has 0 saturated heterocycles. The monoisotopic (exact) mass is 364 g/mol. The lowest BCUT2D eigenvalue weighted by molar-refractivity contribution is -0.131. The number of nitrogens with one attached hydrogen (secondary N) is 2. The Morgan fingerprint density at radius 3 is 2.27 bits per heavy atom. The van der Waals surface area contributed by atoms with E-state index in [4.69, 9.17) is 11.5 Å². The summed E-state index contributed by atoms with van der Waals surface area (Å²) >= 11 is 0. The lowest BCUT2D eigenvalue weighted by Gasteiger charge is -2.21. The fourth-order valence-electron chi connectivity index (χ4n) is 2.16. The van der Waals surface area contributed by atoms with Crippen molar-refractivity contribution in [2.45, 2.75) is 44.3 Å². The Morgan fingerprint density at radius 2 is 1.77 bits per heavy atom. The molecule has 0 unspecified atom stereocenters. The smallest absolute Gasteiger partial charge is 0.243 e. The largest absolute Gasteiger partial charge is 0.508 e. The number of rotatable bonds is 10. The van der Waals surface area contributed by atoms with Crippen molar-refractivity contribution in [3.8, 4) is 5.75 Å². The van der Waals surface area contributed by atoms with Crippen LogP contribution in [0.5, 0.6) is 5.75 Å². The minimum absolute atomic E-state index is 0.00951. The molecule has 9 nitrogen and oxygen atoms in total. The fourth-order valence-corrected chi connectivity index (χ4v) is 2.16. The molecule has 7 N–H and O–H groups in total. The number of aromatic hydroxyl groups is 1. The summed E-state index contributed by atoms with van der Waals surface area (Å²) in [5.74, 6) is -1.70. The molecule has 0 heterocycles. The third-order valence-electron chi connectivity index (χ3n) is 3.61. The van der Waals surface area contributed by atoms with Crippen LogP contribution in [-0.4, -0.2) is 47.2 Å². The zero-order valence-electron chi connectivity index (χ0n) is 14.5. The molecule has 142 valence electrons. The minimum Gasteiger partial charge on any atom is -0.508 e. The minimum atomic E-state index is -1.04. The van der Waals surface area contributed by atoms with Crippen molar-refractivity contribution in [3.63, 3.8) is 0 Å². The second-order valence-electron chi connectivity index (χ2n) is 5.98. The standard InChI is InChI=1S/C17H24N4O5/c1-10(18)16(25)21-14(6-7-15(19)24)17(26)20-12(9-22)8-11-2-4-13(23)5-3-11/h2-5,9-10,12,14,23H,6-8,18H2,1H3,(H2,19,24)(H,20,26)(H,21,25)/t10-,12+,14+/m1/s1. The van der Waals surface area contributed by atoms with Crippen LogP contribution in [0.3, 0.4) is 0 Å².